The summed E-state index contributed by atoms with van der Waals surface area (Å²) in [6, 6.07) is 11.9. The molecule has 182 valence electrons. The van der Waals surface area contributed by atoms with Crippen molar-refractivity contribution in [1.29, 1.82) is 0 Å². The lowest BCUT2D eigenvalue weighted by molar-refractivity contribution is -0.670. The first kappa shape index (κ1) is 22.4. The van der Waals surface area contributed by atoms with E-state index in [0.29, 0.717) is 17.2 Å². The van der Waals surface area contributed by atoms with Crippen LogP contribution in [-0.4, -0.2) is 29.7 Å². The van der Waals surface area contributed by atoms with E-state index in [4.69, 9.17) is 18.9 Å². The highest BCUT2D eigenvalue weighted by Crippen LogP contribution is 2.46. The molecule has 7 rings (SSSR count). The molecule has 0 N–H and O–H groups in total. The fourth-order valence-electron chi connectivity index (χ4n) is 5.45. The summed E-state index contributed by atoms with van der Waals surface area (Å²) in [6.07, 6.45) is 2.92. The van der Waals surface area contributed by atoms with Crippen molar-refractivity contribution in [2.75, 3.05) is 13.9 Å². The number of pyridine rings is 1. The van der Waals surface area contributed by atoms with Gasteiger partial charge < -0.3 is 31.4 Å². The Labute approximate surface area is 212 Å². The van der Waals surface area contributed by atoms with Crippen molar-refractivity contribution in [2.24, 2.45) is 7.05 Å². The second-order valence-electron chi connectivity index (χ2n) is 8.97. The molecule has 0 saturated carbocycles. The van der Waals surface area contributed by atoms with E-state index in [1.165, 1.54) is 15.6 Å². The summed E-state index contributed by atoms with van der Waals surface area (Å²) in [7, 11) is 3.30. The maximum absolute atomic E-state index is 13.1. The molecule has 5 aromatic rings. The molecule has 0 fully saturated rings. The number of esters is 1. The topological polar surface area (TPSA) is 75.7 Å². The molecular formula is C27H22ClN3O5. The molecule has 2 aromatic heterocycles. The van der Waals surface area contributed by atoms with Gasteiger partial charge in [0.25, 0.3) is 0 Å². The van der Waals surface area contributed by atoms with Gasteiger partial charge in [-0.1, -0.05) is 0 Å². The number of methoxy groups -OCH3 is 1. The zero-order valence-corrected chi connectivity index (χ0v) is 20.7. The van der Waals surface area contributed by atoms with Crippen LogP contribution in [-0.2, 0) is 20.0 Å². The third-order valence-electron chi connectivity index (χ3n) is 6.96. The normalized spacial score (nSPS) is 13.4. The lowest BCUT2D eigenvalue weighted by Crippen LogP contribution is -3.00. The Bertz CT molecular complexity index is 1740. The molecule has 2 aliphatic heterocycles. The van der Waals surface area contributed by atoms with Gasteiger partial charge >= 0.3 is 5.97 Å². The SMILES string of the molecule is COc1ccc2c(c[n+]3c4c2ccc2c5c(cc(c24)CC3)OCO5)c1OC(=O)c1cc(C)nn1C.[Cl-]. The van der Waals surface area contributed by atoms with Crippen molar-refractivity contribution < 1.29 is 40.7 Å². The number of ether oxygens (including phenoxy) is 4. The Balaban J connectivity index is 0.00000240. The van der Waals surface area contributed by atoms with Crippen molar-refractivity contribution >= 4 is 38.4 Å². The minimum atomic E-state index is -0.480. The van der Waals surface area contributed by atoms with Crippen molar-refractivity contribution in [3.63, 3.8) is 0 Å². The van der Waals surface area contributed by atoms with Gasteiger partial charge in [-0.25, -0.2) is 4.79 Å². The molecule has 0 atom stereocenters. The highest BCUT2D eigenvalue weighted by molar-refractivity contribution is 6.17. The Morgan fingerprint density at radius 1 is 1.08 bits per heavy atom. The zero-order valence-electron chi connectivity index (χ0n) is 19.9. The minimum Gasteiger partial charge on any atom is -1.00 e. The van der Waals surface area contributed by atoms with Crippen LogP contribution < -0.4 is 35.9 Å². The van der Waals surface area contributed by atoms with E-state index in [-0.39, 0.29) is 19.2 Å². The van der Waals surface area contributed by atoms with Crippen LogP contribution in [0, 0.1) is 6.92 Å². The van der Waals surface area contributed by atoms with Crippen LogP contribution in [0.3, 0.4) is 0 Å². The summed E-state index contributed by atoms with van der Waals surface area (Å²) in [5, 5.41) is 9.37. The maximum Gasteiger partial charge on any atom is 0.362 e. The standard InChI is InChI=1S/C27H22N3O5.ClH/c1-14-10-20(29(2)28-14)27(31)35-26-19-12-30-9-8-15-11-22-25(34-13-33-22)18-5-4-17(24(30)23(15)18)16(19)6-7-21(26)32-3;/h4-7,10-12H,8-9,13H2,1-3H3;1H/q+1;/p-1. The lowest BCUT2D eigenvalue weighted by Gasteiger charge is -2.18. The summed E-state index contributed by atoms with van der Waals surface area (Å²) < 4.78 is 26.8. The molecule has 36 heavy (non-hydrogen) atoms. The molecule has 8 nitrogen and oxygen atoms in total. The quantitative estimate of drug-likeness (QED) is 0.158. The summed E-state index contributed by atoms with van der Waals surface area (Å²) in [6.45, 7) is 2.88. The average molecular weight is 504 g/mol. The van der Waals surface area contributed by atoms with Gasteiger partial charge in [0, 0.05) is 24.2 Å². The molecule has 0 unspecified atom stereocenters. The van der Waals surface area contributed by atoms with E-state index in [9.17, 15) is 4.79 Å². The predicted octanol–water partition coefficient (Wildman–Crippen LogP) is 0.992. The van der Waals surface area contributed by atoms with Gasteiger partial charge in [0.05, 0.1) is 29.0 Å². The van der Waals surface area contributed by atoms with Gasteiger partial charge in [-0.05, 0) is 48.9 Å². The van der Waals surface area contributed by atoms with E-state index in [2.05, 4.69) is 34.1 Å². The number of aryl methyl sites for hydroxylation is 4. The van der Waals surface area contributed by atoms with Crippen LogP contribution in [0.2, 0.25) is 0 Å². The molecule has 2 aliphatic rings. The van der Waals surface area contributed by atoms with Crippen LogP contribution in [0.15, 0.2) is 42.6 Å². The molecule has 9 heteroatoms. The van der Waals surface area contributed by atoms with Gasteiger partial charge in [-0.3, -0.25) is 4.68 Å². The minimum absolute atomic E-state index is 0. The second kappa shape index (κ2) is 7.99. The van der Waals surface area contributed by atoms with Gasteiger partial charge in [-0.2, -0.15) is 9.67 Å². The van der Waals surface area contributed by atoms with Crippen molar-refractivity contribution in [2.45, 2.75) is 19.9 Å². The number of hydrogen-bond acceptors (Lipinski definition) is 6. The molecular weight excluding hydrogens is 482 g/mol. The van der Waals surface area contributed by atoms with E-state index in [0.717, 1.165) is 57.2 Å². The van der Waals surface area contributed by atoms with E-state index < -0.39 is 5.97 Å². The van der Waals surface area contributed by atoms with Crippen LogP contribution in [0.5, 0.6) is 23.0 Å². The van der Waals surface area contributed by atoms with E-state index in [1.807, 2.05) is 19.1 Å². The number of nitrogens with zero attached hydrogens (tertiary/aromatic N) is 3. The Kier molecular flexibility index (Phi) is 4.98. The molecule has 0 saturated heterocycles. The van der Waals surface area contributed by atoms with Crippen LogP contribution >= 0.6 is 0 Å². The first-order valence-electron chi connectivity index (χ1n) is 11.5. The fourth-order valence-corrected chi connectivity index (χ4v) is 5.45. The number of hydrogen-bond donors (Lipinski definition) is 0. The largest absolute Gasteiger partial charge is 1.00 e. The van der Waals surface area contributed by atoms with Gasteiger partial charge in [0.1, 0.15) is 5.69 Å². The number of carbonyl (C=O) groups excluding carboxylic acids is 1. The Morgan fingerprint density at radius 3 is 2.67 bits per heavy atom. The summed E-state index contributed by atoms with van der Waals surface area (Å²) in [4.78, 5) is 13.1. The second-order valence-corrected chi connectivity index (χ2v) is 8.97. The number of fused-ring (bicyclic) bond motifs is 4. The number of rotatable bonds is 3. The van der Waals surface area contributed by atoms with Crippen molar-refractivity contribution in [3.8, 4) is 23.0 Å². The van der Waals surface area contributed by atoms with E-state index >= 15 is 0 Å². The van der Waals surface area contributed by atoms with Gasteiger partial charge in [0.15, 0.2) is 35.7 Å². The highest BCUT2D eigenvalue weighted by atomic mass is 35.5. The molecule has 0 amide bonds. The van der Waals surface area contributed by atoms with Crippen LogP contribution in [0.25, 0.3) is 32.4 Å². The van der Waals surface area contributed by atoms with Crippen molar-refractivity contribution in [1.82, 2.24) is 9.78 Å². The average Bonchev–Trinajstić information content (AvgIpc) is 3.47. The van der Waals surface area contributed by atoms with Gasteiger partial charge in [-0.15, -0.1) is 0 Å². The Morgan fingerprint density at radius 2 is 1.89 bits per heavy atom. The summed E-state index contributed by atoms with van der Waals surface area (Å²) in [5.74, 6) is 2.03. The fraction of sp³-hybridized carbons (Fsp3) is 0.222. The van der Waals surface area contributed by atoms with Gasteiger partial charge in [0.2, 0.25) is 12.3 Å². The number of carbonyl (C=O) groups is 1. The van der Waals surface area contributed by atoms with E-state index in [1.54, 1.807) is 20.2 Å². The first-order chi connectivity index (χ1) is 17.0. The maximum atomic E-state index is 13.1. The number of aromatic nitrogens is 3. The Hall–Kier alpha value is -4.04. The third-order valence-corrected chi connectivity index (χ3v) is 6.96. The molecule has 4 heterocycles. The molecule has 0 radical (unpaired) electrons. The smallest absolute Gasteiger partial charge is 0.362 e. The monoisotopic (exact) mass is 503 g/mol. The number of benzene rings is 3. The molecule has 3 aromatic carbocycles. The number of halogens is 1. The molecule has 0 bridgehead atoms. The highest BCUT2D eigenvalue weighted by Gasteiger charge is 2.30. The first-order valence-corrected chi connectivity index (χ1v) is 11.5. The zero-order chi connectivity index (χ0) is 23.8. The van der Waals surface area contributed by atoms with Crippen LogP contribution in [0.4, 0.5) is 0 Å². The van der Waals surface area contributed by atoms with Crippen molar-refractivity contribution in [3.05, 3.63) is 59.5 Å². The predicted molar refractivity (Wildman–Crippen MR) is 128 cm³/mol. The lowest BCUT2D eigenvalue weighted by atomic mass is 9.93. The van der Waals surface area contributed by atoms with Crippen LogP contribution in [0.1, 0.15) is 21.7 Å². The molecule has 0 spiro atoms. The summed E-state index contributed by atoms with van der Waals surface area (Å²) in [5.41, 5.74) is 3.52. The molecule has 0 aliphatic carbocycles. The third kappa shape index (κ3) is 3.04. The summed E-state index contributed by atoms with van der Waals surface area (Å²) >= 11 is 0.